The van der Waals surface area contributed by atoms with Crippen LogP contribution in [-0.4, -0.2) is 75.5 Å². The molecule has 0 aromatic carbocycles. The first-order valence-corrected chi connectivity index (χ1v) is 5.77. The van der Waals surface area contributed by atoms with Crippen molar-refractivity contribution >= 4 is 23.9 Å². The van der Waals surface area contributed by atoms with Crippen molar-refractivity contribution in [3.8, 4) is 0 Å². The minimum Gasteiger partial charge on any atom is -0.481 e. The summed E-state index contributed by atoms with van der Waals surface area (Å²) in [5.41, 5.74) is 5.19. The summed E-state index contributed by atoms with van der Waals surface area (Å²) in [6.45, 7) is -0.753. The third-order valence-corrected chi connectivity index (χ3v) is 2.44. The lowest BCUT2D eigenvalue weighted by Gasteiger charge is -2.19. The molecule has 0 rings (SSSR count). The number of rotatable bonds is 11. The van der Waals surface area contributed by atoms with Crippen LogP contribution in [0.4, 0.5) is 0 Å². The molecule has 0 aliphatic carbocycles. The molecule has 11 nitrogen and oxygen atoms in total. The summed E-state index contributed by atoms with van der Waals surface area (Å²) >= 11 is 0. The quantitative estimate of drug-likeness (QED) is 0.204. The van der Waals surface area contributed by atoms with Gasteiger partial charge in [0.05, 0.1) is 6.42 Å². The largest absolute Gasteiger partial charge is 0.481 e. The van der Waals surface area contributed by atoms with Crippen molar-refractivity contribution < 1.29 is 39.6 Å². The Bertz CT molecular complexity index is 413. The first-order valence-electron chi connectivity index (χ1n) is 5.77. The Labute approximate surface area is 118 Å². The van der Waals surface area contributed by atoms with Crippen LogP contribution in [0.1, 0.15) is 6.42 Å². The average Bonchev–Trinajstić information content (AvgIpc) is 2.35. The van der Waals surface area contributed by atoms with E-state index in [1.54, 1.807) is 0 Å². The number of nitrogens with one attached hydrogen (secondary N) is 2. The van der Waals surface area contributed by atoms with Gasteiger partial charge in [0.1, 0.15) is 18.1 Å². The lowest BCUT2D eigenvalue weighted by Crippen LogP contribution is -2.53. The van der Waals surface area contributed by atoms with Gasteiger partial charge >= 0.3 is 23.9 Å². The molecule has 3 atom stereocenters. The smallest absolute Gasteiger partial charge is 0.322 e. The van der Waals surface area contributed by atoms with Gasteiger partial charge in [-0.2, -0.15) is 0 Å². The van der Waals surface area contributed by atoms with Crippen molar-refractivity contribution in [1.82, 2.24) is 10.6 Å². The predicted molar refractivity (Wildman–Crippen MR) is 66.7 cm³/mol. The summed E-state index contributed by atoms with van der Waals surface area (Å²) in [4.78, 5) is 42.7. The molecule has 0 aromatic rings. The normalized spacial score (nSPS) is 14.9. The van der Waals surface area contributed by atoms with Gasteiger partial charge in [0.15, 0.2) is 0 Å². The van der Waals surface area contributed by atoms with Crippen LogP contribution in [0.3, 0.4) is 0 Å². The summed E-state index contributed by atoms with van der Waals surface area (Å²) in [7, 11) is 0. The van der Waals surface area contributed by atoms with E-state index in [4.69, 9.17) is 26.2 Å². The number of hydrogen-bond acceptors (Lipinski definition) is 7. The molecule has 21 heavy (non-hydrogen) atoms. The Kier molecular flexibility index (Phi) is 7.89. The van der Waals surface area contributed by atoms with Crippen molar-refractivity contribution in [2.24, 2.45) is 5.73 Å². The molecule has 120 valence electrons. The third kappa shape index (κ3) is 7.81. The Morgan fingerprint density at radius 2 is 1.29 bits per heavy atom. The first kappa shape index (κ1) is 18.8. The molecule has 0 bridgehead atoms. The molecule has 0 unspecified atom stereocenters. The number of aliphatic carboxylic acids is 4. The monoisotopic (exact) mass is 307 g/mol. The van der Waals surface area contributed by atoms with E-state index in [0.717, 1.165) is 0 Å². The van der Waals surface area contributed by atoms with E-state index in [1.807, 2.05) is 0 Å². The number of hydrogen-bond donors (Lipinski definition) is 7. The summed E-state index contributed by atoms with van der Waals surface area (Å²) in [5, 5.41) is 39.4. The molecule has 0 aliphatic rings. The van der Waals surface area contributed by atoms with Crippen LogP contribution in [-0.2, 0) is 19.2 Å². The molecule has 0 fully saturated rings. The fraction of sp³-hybridized carbons (Fsp3) is 0.600. The summed E-state index contributed by atoms with van der Waals surface area (Å²) in [6, 6.07) is -4.09. The van der Waals surface area contributed by atoms with Gasteiger partial charge in [0.2, 0.25) is 0 Å². The Morgan fingerprint density at radius 3 is 1.67 bits per heavy atom. The maximum absolute atomic E-state index is 10.9. The van der Waals surface area contributed by atoms with Gasteiger partial charge in [-0.25, -0.2) is 0 Å². The highest BCUT2D eigenvalue weighted by Crippen LogP contribution is 1.94. The molecule has 0 saturated heterocycles. The van der Waals surface area contributed by atoms with E-state index in [1.165, 1.54) is 0 Å². The Morgan fingerprint density at radius 1 is 0.810 bits per heavy atom. The predicted octanol–water partition coefficient (Wildman–Crippen LogP) is -3.04. The van der Waals surface area contributed by atoms with Crippen molar-refractivity contribution in [2.75, 3.05) is 13.1 Å². The highest BCUT2D eigenvalue weighted by Gasteiger charge is 2.25. The van der Waals surface area contributed by atoms with E-state index in [0.29, 0.717) is 0 Å². The summed E-state index contributed by atoms with van der Waals surface area (Å²) in [5.74, 6) is -5.49. The van der Waals surface area contributed by atoms with Crippen molar-refractivity contribution in [2.45, 2.75) is 24.5 Å². The van der Waals surface area contributed by atoms with Crippen LogP contribution in [0.5, 0.6) is 0 Å². The topological polar surface area (TPSA) is 199 Å². The van der Waals surface area contributed by atoms with Gasteiger partial charge in [-0.3, -0.25) is 19.2 Å². The minimum absolute atomic E-state index is 0.343. The van der Waals surface area contributed by atoms with Crippen LogP contribution in [0, 0.1) is 0 Å². The van der Waals surface area contributed by atoms with E-state index >= 15 is 0 Å². The molecule has 0 amide bonds. The average molecular weight is 307 g/mol. The molecule has 0 aromatic heterocycles. The zero-order valence-electron chi connectivity index (χ0n) is 10.9. The van der Waals surface area contributed by atoms with E-state index in [2.05, 4.69) is 10.6 Å². The minimum atomic E-state index is -1.46. The van der Waals surface area contributed by atoms with Crippen molar-refractivity contribution in [3.63, 3.8) is 0 Å². The molecular weight excluding hydrogens is 290 g/mol. The molecular formula is C10H17N3O8. The molecule has 0 heterocycles. The van der Waals surface area contributed by atoms with Gasteiger partial charge in [-0.1, -0.05) is 0 Å². The molecule has 11 heteroatoms. The van der Waals surface area contributed by atoms with Gasteiger partial charge < -0.3 is 36.8 Å². The number of nitrogens with two attached hydrogens (primary N) is 1. The number of carbonyl (C=O) groups is 4. The first-order chi connectivity index (χ1) is 9.65. The Hall–Kier alpha value is -2.24. The number of carboxylic acid groups (broad SMARTS) is 4. The molecule has 0 saturated carbocycles. The van der Waals surface area contributed by atoms with E-state index in [-0.39, 0.29) is 6.54 Å². The lowest BCUT2D eigenvalue weighted by molar-refractivity contribution is -0.146. The van der Waals surface area contributed by atoms with Gasteiger partial charge in [0, 0.05) is 13.1 Å². The van der Waals surface area contributed by atoms with Crippen LogP contribution in [0.2, 0.25) is 0 Å². The molecule has 0 aliphatic heterocycles. The van der Waals surface area contributed by atoms with Gasteiger partial charge in [-0.15, -0.1) is 0 Å². The SMILES string of the molecule is N[C@H](CN[C@@H](CN[C@@H](CC(=O)O)C(=O)O)C(=O)O)C(=O)O. The maximum atomic E-state index is 10.9. The second kappa shape index (κ2) is 8.84. The zero-order chi connectivity index (χ0) is 16.6. The van der Waals surface area contributed by atoms with Gasteiger partial charge in [0.25, 0.3) is 0 Å². The zero-order valence-corrected chi connectivity index (χ0v) is 10.9. The third-order valence-electron chi connectivity index (χ3n) is 2.44. The van der Waals surface area contributed by atoms with Crippen molar-refractivity contribution in [1.29, 1.82) is 0 Å². The summed E-state index contributed by atoms with van der Waals surface area (Å²) < 4.78 is 0. The second-order valence-corrected chi connectivity index (χ2v) is 4.14. The second-order valence-electron chi connectivity index (χ2n) is 4.14. The lowest BCUT2D eigenvalue weighted by atomic mass is 10.2. The molecule has 8 N–H and O–H groups in total. The van der Waals surface area contributed by atoms with E-state index < -0.39 is 55.0 Å². The fourth-order valence-corrected chi connectivity index (χ4v) is 1.28. The maximum Gasteiger partial charge on any atom is 0.322 e. The van der Waals surface area contributed by atoms with Crippen LogP contribution < -0.4 is 16.4 Å². The van der Waals surface area contributed by atoms with Gasteiger partial charge in [-0.05, 0) is 0 Å². The highest BCUT2D eigenvalue weighted by molar-refractivity contribution is 5.80. The van der Waals surface area contributed by atoms with Crippen LogP contribution >= 0.6 is 0 Å². The summed E-state index contributed by atoms with van der Waals surface area (Å²) in [6.07, 6.45) is -0.726. The van der Waals surface area contributed by atoms with Crippen LogP contribution in [0.25, 0.3) is 0 Å². The number of carboxylic acids is 4. The van der Waals surface area contributed by atoms with Crippen molar-refractivity contribution in [3.05, 3.63) is 0 Å². The molecule has 0 spiro atoms. The highest BCUT2D eigenvalue weighted by atomic mass is 16.4. The Balaban J connectivity index is 4.49. The standard InChI is InChI=1S/C10H17N3O8/c11-4(8(16)17)2-12-6(10(20)21)3-13-5(9(18)19)1-7(14)15/h4-6,12-13H,1-3,11H2,(H,14,15)(H,16,17)(H,18,19)(H,20,21)/t4-,5+,6+/m1/s1. The van der Waals surface area contributed by atoms with Crippen LogP contribution in [0.15, 0.2) is 0 Å². The fourth-order valence-electron chi connectivity index (χ4n) is 1.28. The van der Waals surface area contributed by atoms with E-state index in [9.17, 15) is 19.2 Å². The molecule has 0 radical (unpaired) electrons.